The Hall–Kier alpha value is -0.550. The molecule has 0 fully saturated rings. The summed E-state index contributed by atoms with van der Waals surface area (Å²) < 4.78 is 0. The number of aliphatic carboxylic acids is 1. The van der Waals surface area contributed by atoms with Crippen LogP contribution < -0.4 is 5.73 Å². The molecule has 0 bridgehead atoms. The molecule has 3 N–H and O–H groups in total. The predicted octanol–water partition coefficient (Wildman–Crippen LogP) is 2.55. The number of carboxylic acid groups (broad SMARTS) is 1. The molecule has 0 amide bonds. The summed E-state index contributed by atoms with van der Waals surface area (Å²) in [5, 5.41) is 8.77. The topological polar surface area (TPSA) is 63.3 Å². The van der Waals surface area contributed by atoms with Crippen molar-refractivity contribution in [2.24, 2.45) is 0 Å². The summed E-state index contributed by atoms with van der Waals surface area (Å²) in [6, 6.07) is 7.12. The summed E-state index contributed by atoms with van der Waals surface area (Å²) in [4.78, 5) is 9.74. The van der Waals surface area contributed by atoms with Crippen molar-refractivity contribution in [2.75, 3.05) is 5.73 Å². The number of hydrogen-bond donors (Lipinski definition) is 2. The summed E-state index contributed by atoms with van der Waals surface area (Å²) in [6.07, 6.45) is 0. The van der Waals surface area contributed by atoms with Gasteiger partial charge in [0.15, 0.2) is 0 Å². The summed E-state index contributed by atoms with van der Waals surface area (Å²) in [5.74, 6) is -0.908. The zero-order chi connectivity index (χ0) is 10.7. The molecule has 2 atom stereocenters. The number of hydrogen-bond acceptors (Lipinski definition) is 2. The second-order valence-corrected chi connectivity index (χ2v) is 4.78. The van der Waals surface area contributed by atoms with E-state index in [9.17, 15) is 4.79 Å². The minimum absolute atomic E-state index is 0.288. The van der Waals surface area contributed by atoms with Crippen LogP contribution in [-0.2, 0) is 4.79 Å². The molecule has 0 aliphatic rings. The lowest BCUT2D eigenvalue weighted by atomic mass is 10.1. The van der Waals surface area contributed by atoms with Gasteiger partial charge in [-0.3, -0.25) is 4.79 Å². The minimum atomic E-state index is -0.908. The molecule has 0 spiro atoms. The van der Waals surface area contributed by atoms with E-state index in [1.807, 2.05) is 6.07 Å². The van der Waals surface area contributed by atoms with Crippen LogP contribution in [0.5, 0.6) is 0 Å². The van der Waals surface area contributed by atoms with E-state index in [1.165, 1.54) is 0 Å². The smallest absolute Gasteiger partial charge is 0.318 e. The van der Waals surface area contributed by atoms with E-state index >= 15 is 0 Å². The molecule has 0 heterocycles. The zero-order valence-electron chi connectivity index (χ0n) is 7.15. The molecule has 0 aromatic heterocycles. The number of nitrogen functional groups attached to an aromatic ring is 1. The first-order valence-electron chi connectivity index (χ1n) is 3.88. The maximum Gasteiger partial charge on any atom is 0.318 e. The van der Waals surface area contributed by atoms with Gasteiger partial charge in [0, 0.05) is 5.69 Å². The first kappa shape index (κ1) is 11.5. The predicted molar refractivity (Wildman–Crippen MR) is 62.9 cm³/mol. The fourth-order valence-corrected chi connectivity index (χ4v) is 1.84. The van der Waals surface area contributed by atoms with E-state index in [4.69, 9.17) is 10.8 Å². The largest absolute Gasteiger partial charge is 0.480 e. The Labute approximate surface area is 98.6 Å². The Kier molecular flexibility index (Phi) is 3.95. The molecule has 1 aromatic carbocycles. The molecule has 0 radical (unpaired) electrons. The van der Waals surface area contributed by atoms with Gasteiger partial charge in [-0.15, -0.1) is 0 Å². The highest BCUT2D eigenvalue weighted by Gasteiger charge is 2.24. The maximum atomic E-state index is 10.7. The van der Waals surface area contributed by atoms with E-state index in [2.05, 4.69) is 31.9 Å². The second-order valence-electron chi connectivity index (χ2n) is 2.81. The highest BCUT2D eigenvalue weighted by molar-refractivity contribution is 9.12. The quantitative estimate of drug-likeness (QED) is 0.664. The molecule has 5 heteroatoms. The summed E-state index contributed by atoms with van der Waals surface area (Å²) in [5.41, 5.74) is 7.05. The maximum absolute atomic E-state index is 10.7. The van der Waals surface area contributed by atoms with Crippen LogP contribution in [-0.4, -0.2) is 15.9 Å². The zero-order valence-corrected chi connectivity index (χ0v) is 10.3. The summed E-state index contributed by atoms with van der Waals surface area (Å²) >= 11 is 6.38. The van der Waals surface area contributed by atoms with Gasteiger partial charge in [0.2, 0.25) is 0 Å². The van der Waals surface area contributed by atoms with Crippen LogP contribution in [0.3, 0.4) is 0 Å². The molecule has 0 aliphatic heterocycles. The summed E-state index contributed by atoms with van der Waals surface area (Å²) in [6.45, 7) is 0. The fourth-order valence-electron chi connectivity index (χ4n) is 1.02. The van der Waals surface area contributed by atoms with Crippen molar-refractivity contribution < 1.29 is 9.90 Å². The van der Waals surface area contributed by atoms with Crippen LogP contribution in [0, 0.1) is 0 Å². The first-order chi connectivity index (χ1) is 6.52. The van der Waals surface area contributed by atoms with Gasteiger partial charge in [0.05, 0.1) is 4.83 Å². The SMILES string of the molecule is Nc1cccc([C@@H](Br)[C@H](Br)C(=O)O)c1. The average molecular weight is 323 g/mol. The Morgan fingerprint density at radius 1 is 1.43 bits per heavy atom. The molecule has 76 valence electrons. The van der Waals surface area contributed by atoms with Gasteiger partial charge < -0.3 is 10.8 Å². The minimum Gasteiger partial charge on any atom is -0.480 e. The number of benzene rings is 1. The molecule has 3 nitrogen and oxygen atoms in total. The van der Waals surface area contributed by atoms with Crippen LogP contribution in [0.15, 0.2) is 24.3 Å². The van der Waals surface area contributed by atoms with Crippen molar-refractivity contribution >= 4 is 43.5 Å². The van der Waals surface area contributed by atoms with Crippen LogP contribution in [0.1, 0.15) is 10.4 Å². The first-order valence-corrected chi connectivity index (χ1v) is 5.72. The van der Waals surface area contributed by atoms with Crippen molar-refractivity contribution in [3.8, 4) is 0 Å². The Morgan fingerprint density at radius 2 is 2.07 bits per heavy atom. The highest BCUT2D eigenvalue weighted by Crippen LogP contribution is 2.32. The second kappa shape index (κ2) is 4.79. The third-order valence-electron chi connectivity index (χ3n) is 1.72. The van der Waals surface area contributed by atoms with Gasteiger partial charge in [-0.05, 0) is 17.7 Å². The highest BCUT2D eigenvalue weighted by atomic mass is 79.9. The molecule has 0 aliphatic carbocycles. The monoisotopic (exact) mass is 321 g/mol. The van der Waals surface area contributed by atoms with E-state index in [-0.39, 0.29) is 4.83 Å². The van der Waals surface area contributed by atoms with Gasteiger partial charge in [0.25, 0.3) is 0 Å². The summed E-state index contributed by atoms with van der Waals surface area (Å²) in [7, 11) is 0. The van der Waals surface area contributed by atoms with Gasteiger partial charge in [-0.25, -0.2) is 0 Å². The van der Waals surface area contributed by atoms with E-state index in [0.29, 0.717) is 5.69 Å². The van der Waals surface area contributed by atoms with Crippen molar-refractivity contribution in [1.82, 2.24) is 0 Å². The number of rotatable bonds is 3. The van der Waals surface area contributed by atoms with Crippen molar-refractivity contribution in [3.63, 3.8) is 0 Å². The fraction of sp³-hybridized carbons (Fsp3) is 0.222. The van der Waals surface area contributed by atoms with Gasteiger partial charge >= 0.3 is 5.97 Å². The van der Waals surface area contributed by atoms with E-state index in [1.54, 1.807) is 18.2 Å². The standard InChI is InChI=1S/C9H9Br2NO2/c10-7(8(11)9(13)14)5-2-1-3-6(12)4-5/h1-4,7-8H,12H2,(H,13,14)/t7-,8+/m1/s1. The van der Waals surface area contributed by atoms with E-state index < -0.39 is 10.8 Å². The van der Waals surface area contributed by atoms with E-state index in [0.717, 1.165) is 5.56 Å². The Bertz CT molecular complexity index is 343. The molecule has 0 saturated heterocycles. The molecule has 1 aromatic rings. The number of carbonyl (C=O) groups is 1. The van der Waals surface area contributed by atoms with Crippen LogP contribution >= 0.6 is 31.9 Å². The molecule has 0 unspecified atom stereocenters. The average Bonchev–Trinajstić information content (AvgIpc) is 2.15. The van der Waals surface area contributed by atoms with Gasteiger partial charge in [-0.1, -0.05) is 44.0 Å². The van der Waals surface area contributed by atoms with Crippen LogP contribution in [0.2, 0.25) is 0 Å². The third-order valence-corrected chi connectivity index (χ3v) is 4.41. The molecule has 0 saturated carbocycles. The number of carboxylic acids is 1. The van der Waals surface area contributed by atoms with Crippen molar-refractivity contribution in [3.05, 3.63) is 29.8 Å². The molecule has 1 rings (SSSR count). The third kappa shape index (κ3) is 2.72. The van der Waals surface area contributed by atoms with Crippen molar-refractivity contribution in [2.45, 2.75) is 9.65 Å². The number of alkyl halides is 2. The lowest BCUT2D eigenvalue weighted by Gasteiger charge is -2.13. The Balaban J connectivity index is 2.89. The van der Waals surface area contributed by atoms with Gasteiger partial charge in [0.1, 0.15) is 4.83 Å². The number of anilines is 1. The molecular weight excluding hydrogens is 314 g/mol. The van der Waals surface area contributed by atoms with Gasteiger partial charge in [-0.2, -0.15) is 0 Å². The molecular formula is C9H9Br2NO2. The number of halogens is 2. The Morgan fingerprint density at radius 3 is 2.57 bits per heavy atom. The number of nitrogens with two attached hydrogens (primary N) is 1. The lowest BCUT2D eigenvalue weighted by Crippen LogP contribution is -2.17. The van der Waals surface area contributed by atoms with Crippen LogP contribution in [0.25, 0.3) is 0 Å². The normalized spacial score (nSPS) is 14.7. The molecule has 14 heavy (non-hydrogen) atoms. The lowest BCUT2D eigenvalue weighted by molar-refractivity contribution is -0.136. The van der Waals surface area contributed by atoms with Crippen molar-refractivity contribution in [1.29, 1.82) is 0 Å². The van der Waals surface area contributed by atoms with Crippen LogP contribution in [0.4, 0.5) is 5.69 Å².